The van der Waals surface area contributed by atoms with E-state index in [2.05, 4.69) is 15.6 Å². The number of nitrogens with zero attached hydrogens (tertiary/aromatic N) is 1. The van der Waals surface area contributed by atoms with Crippen LogP contribution in [0.1, 0.15) is 12.0 Å². The van der Waals surface area contributed by atoms with Crippen LogP contribution in [0.2, 0.25) is 5.02 Å². The average molecular weight is 282 g/mol. The highest BCUT2D eigenvalue weighted by Gasteiger charge is 2.16. The predicted octanol–water partition coefficient (Wildman–Crippen LogP) is 1.55. The first-order valence-corrected chi connectivity index (χ1v) is 6.81. The van der Waals surface area contributed by atoms with Gasteiger partial charge in [0.15, 0.2) is 17.5 Å². The van der Waals surface area contributed by atoms with E-state index in [1.165, 1.54) is 0 Å². The quantitative estimate of drug-likeness (QED) is 0.864. The second-order valence-electron chi connectivity index (χ2n) is 4.47. The summed E-state index contributed by atoms with van der Waals surface area (Å²) in [6.45, 7) is 3.60. The van der Waals surface area contributed by atoms with Crippen LogP contribution >= 0.6 is 11.6 Å². The van der Waals surface area contributed by atoms with E-state index in [9.17, 15) is 0 Å². The minimum absolute atomic E-state index is 0.547. The van der Waals surface area contributed by atoms with Gasteiger partial charge < -0.3 is 20.1 Å². The highest BCUT2D eigenvalue weighted by Crippen LogP contribution is 2.38. The van der Waals surface area contributed by atoms with Crippen molar-refractivity contribution in [3.05, 3.63) is 22.7 Å². The monoisotopic (exact) mass is 281 g/mol. The topological polar surface area (TPSA) is 54.9 Å². The van der Waals surface area contributed by atoms with Crippen LogP contribution in [0.5, 0.6) is 11.5 Å². The molecular weight excluding hydrogens is 266 g/mol. The molecule has 2 aliphatic rings. The third-order valence-corrected chi connectivity index (χ3v) is 3.29. The Morgan fingerprint density at radius 2 is 2.21 bits per heavy atom. The van der Waals surface area contributed by atoms with E-state index >= 15 is 0 Å². The summed E-state index contributed by atoms with van der Waals surface area (Å²) < 4.78 is 11.0. The van der Waals surface area contributed by atoms with Crippen LogP contribution in [0.4, 0.5) is 0 Å². The molecule has 0 fully saturated rings. The molecule has 0 atom stereocenters. The van der Waals surface area contributed by atoms with E-state index in [-0.39, 0.29) is 0 Å². The smallest absolute Gasteiger partial charge is 0.191 e. The highest BCUT2D eigenvalue weighted by molar-refractivity contribution is 6.32. The van der Waals surface area contributed by atoms with E-state index < -0.39 is 0 Å². The third-order valence-electron chi connectivity index (χ3n) is 3.01. The second-order valence-corrected chi connectivity index (χ2v) is 4.87. The van der Waals surface area contributed by atoms with Gasteiger partial charge in [-0.05, 0) is 24.1 Å². The summed E-state index contributed by atoms with van der Waals surface area (Å²) in [7, 11) is 0. The van der Waals surface area contributed by atoms with Crippen molar-refractivity contribution in [3.63, 3.8) is 0 Å². The number of nitrogens with one attached hydrogen (secondary N) is 2. The number of fused-ring (bicyclic) bond motifs is 1. The second kappa shape index (κ2) is 5.57. The molecule has 3 rings (SSSR count). The summed E-state index contributed by atoms with van der Waals surface area (Å²) >= 11 is 6.19. The molecule has 0 saturated heterocycles. The number of hydrogen-bond acceptors (Lipinski definition) is 5. The van der Waals surface area contributed by atoms with Gasteiger partial charge in [-0.2, -0.15) is 0 Å². The van der Waals surface area contributed by atoms with Crippen LogP contribution < -0.4 is 20.1 Å². The Bertz CT molecular complexity index is 505. The Hall–Kier alpha value is -1.62. The minimum Gasteiger partial charge on any atom is -0.486 e. The molecule has 0 aromatic heterocycles. The molecule has 0 radical (unpaired) electrons. The summed E-state index contributed by atoms with van der Waals surface area (Å²) in [5, 5.41) is 7.06. The Morgan fingerprint density at radius 1 is 1.32 bits per heavy atom. The molecule has 0 saturated carbocycles. The number of hydrogen-bond donors (Lipinski definition) is 2. The fraction of sp³-hybridized carbons (Fsp3) is 0.462. The van der Waals surface area contributed by atoms with E-state index in [1.807, 2.05) is 12.1 Å². The molecule has 0 amide bonds. The van der Waals surface area contributed by atoms with Gasteiger partial charge in [-0.1, -0.05) is 11.6 Å². The maximum Gasteiger partial charge on any atom is 0.191 e. The van der Waals surface area contributed by atoms with Crippen LogP contribution in [-0.4, -0.2) is 32.3 Å². The van der Waals surface area contributed by atoms with Gasteiger partial charge in [0.2, 0.25) is 0 Å². The molecule has 102 valence electrons. The fourth-order valence-corrected chi connectivity index (χ4v) is 2.39. The first kappa shape index (κ1) is 12.4. The van der Waals surface area contributed by atoms with Crippen molar-refractivity contribution in [2.75, 3.05) is 26.3 Å². The van der Waals surface area contributed by atoms with Crippen molar-refractivity contribution in [2.45, 2.75) is 13.0 Å². The summed E-state index contributed by atoms with van der Waals surface area (Å²) in [6, 6.07) is 3.85. The van der Waals surface area contributed by atoms with E-state index in [1.54, 1.807) is 0 Å². The SMILES string of the molecule is Clc1cc(CNC2=NCCCN2)cc2c1OCCO2. The van der Waals surface area contributed by atoms with Crippen molar-refractivity contribution < 1.29 is 9.47 Å². The maximum atomic E-state index is 6.19. The summed E-state index contributed by atoms with van der Waals surface area (Å²) in [5.74, 6) is 2.20. The van der Waals surface area contributed by atoms with Crippen LogP contribution in [-0.2, 0) is 6.54 Å². The highest BCUT2D eigenvalue weighted by atomic mass is 35.5. The average Bonchev–Trinajstić information content (AvgIpc) is 2.46. The number of halogens is 1. The number of ether oxygens (including phenoxy) is 2. The van der Waals surface area contributed by atoms with Crippen LogP contribution in [0.3, 0.4) is 0 Å². The van der Waals surface area contributed by atoms with E-state index in [0.717, 1.165) is 31.0 Å². The van der Waals surface area contributed by atoms with Gasteiger partial charge in [0.25, 0.3) is 0 Å². The number of aliphatic imine (C=N–C) groups is 1. The van der Waals surface area contributed by atoms with Gasteiger partial charge in [0, 0.05) is 19.6 Å². The molecule has 0 spiro atoms. The fourth-order valence-electron chi connectivity index (χ4n) is 2.10. The number of rotatable bonds is 2. The largest absolute Gasteiger partial charge is 0.486 e. The Labute approximate surface area is 116 Å². The van der Waals surface area contributed by atoms with Crippen molar-refractivity contribution >= 4 is 17.6 Å². The number of guanidine groups is 1. The van der Waals surface area contributed by atoms with Gasteiger partial charge in [-0.15, -0.1) is 0 Å². The summed E-state index contributed by atoms with van der Waals surface area (Å²) in [5.41, 5.74) is 1.05. The van der Waals surface area contributed by atoms with Crippen molar-refractivity contribution in [2.24, 2.45) is 4.99 Å². The molecule has 1 aromatic rings. The Balaban J connectivity index is 1.71. The molecule has 5 nitrogen and oxygen atoms in total. The lowest BCUT2D eigenvalue weighted by molar-refractivity contribution is 0.171. The first-order valence-electron chi connectivity index (χ1n) is 6.43. The van der Waals surface area contributed by atoms with Crippen molar-refractivity contribution in [3.8, 4) is 11.5 Å². The molecule has 1 aromatic carbocycles. The zero-order valence-electron chi connectivity index (χ0n) is 10.5. The van der Waals surface area contributed by atoms with Gasteiger partial charge in [0.1, 0.15) is 13.2 Å². The zero-order chi connectivity index (χ0) is 13.1. The minimum atomic E-state index is 0.547. The molecule has 0 bridgehead atoms. The normalized spacial score (nSPS) is 17.4. The third kappa shape index (κ3) is 2.87. The predicted molar refractivity (Wildman–Crippen MR) is 74.2 cm³/mol. The summed E-state index contributed by atoms with van der Waals surface area (Å²) in [6.07, 6.45) is 1.08. The van der Waals surface area contributed by atoms with Crippen LogP contribution in [0, 0.1) is 0 Å². The van der Waals surface area contributed by atoms with Gasteiger partial charge in [-0.3, -0.25) is 4.99 Å². The lowest BCUT2D eigenvalue weighted by Crippen LogP contribution is -2.40. The van der Waals surface area contributed by atoms with E-state index in [4.69, 9.17) is 21.1 Å². The molecule has 6 heteroatoms. The standard InChI is InChI=1S/C13H16ClN3O2/c14-10-6-9(7-11-12(10)19-5-4-18-11)8-17-13-15-2-1-3-16-13/h6-7H,1-5,8H2,(H2,15,16,17). The first-order chi connectivity index (χ1) is 9.33. The zero-order valence-corrected chi connectivity index (χ0v) is 11.3. The molecular formula is C13H16ClN3O2. The molecule has 2 N–H and O–H groups in total. The Kier molecular flexibility index (Phi) is 3.64. The lowest BCUT2D eigenvalue weighted by Gasteiger charge is -2.21. The van der Waals surface area contributed by atoms with Gasteiger partial charge in [-0.25, -0.2) is 0 Å². The summed E-state index contributed by atoms with van der Waals surface area (Å²) in [4.78, 5) is 4.36. The van der Waals surface area contributed by atoms with Crippen LogP contribution in [0.25, 0.3) is 0 Å². The van der Waals surface area contributed by atoms with Crippen molar-refractivity contribution in [1.82, 2.24) is 10.6 Å². The molecule has 0 unspecified atom stereocenters. The van der Waals surface area contributed by atoms with Gasteiger partial charge in [0.05, 0.1) is 5.02 Å². The Morgan fingerprint density at radius 3 is 3.05 bits per heavy atom. The van der Waals surface area contributed by atoms with Crippen molar-refractivity contribution in [1.29, 1.82) is 0 Å². The van der Waals surface area contributed by atoms with Crippen LogP contribution in [0.15, 0.2) is 17.1 Å². The lowest BCUT2D eigenvalue weighted by atomic mass is 10.2. The molecule has 19 heavy (non-hydrogen) atoms. The van der Waals surface area contributed by atoms with Gasteiger partial charge >= 0.3 is 0 Å². The van der Waals surface area contributed by atoms with E-state index in [0.29, 0.717) is 36.3 Å². The molecule has 2 aliphatic heterocycles. The maximum absolute atomic E-state index is 6.19. The molecule has 0 aliphatic carbocycles. The molecule has 2 heterocycles. The number of benzene rings is 1.